The van der Waals surface area contributed by atoms with E-state index in [1.165, 1.54) is 11.2 Å². The van der Waals surface area contributed by atoms with Crippen LogP contribution in [0.1, 0.15) is 12.2 Å². The molecule has 0 bridgehead atoms. The molecule has 0 saturated carbocycles. The number of carbonyl (C=O) groups excluding carboxylic acids is 2. The van der Waals surface area contributed by atoms with Crippen LogP contribution in [0.4, 0.5) is 10.5 Å². The van der Waals surface area contributed by atoms with Crippen molar-refractivity contribution in [2.75, 3.05) is 11.9 Å². The smallest absolute Gasteiger partial charge is 0.330 e. The predicted octanol–water partition coefficient (Wildman–Crippen LogP) is 4.34. The van der Waals surface area contributed by atoms with Crippen LogP contribution >= 0.6 is 11.6 Å². The van der Waals surface area contributed by atoms with Crippen LogP contribution in [0.2, 0.25) is 5.02 Å². The van der Waals surface area contributed by atoms with Crippen LogP contribution in [-0.2, 0) is 4.79 Å². The van der Waals surface area contributed by atoms with E-state index in [2.05, 4.69) is 10.4 Å². The van der Waals surface area contributed by atoms with Crippen molar-refractivity contribution < 1.29 is 14.0 Å². The number of carbonyl (C=O) groups is 2. The molecule has 2 heterocycles. The van der Waals surface area contributed by atoms with Crippen molar-refractivity contribution in [1.29, 1.82) is 0 Å². The number of para-hydroxylation sites is 1. The van der Waals surface area contributed by atoms with E-state index in [1.807, 2.05) is 30.3 Å². The first-order chi connectivity index (χ1) is 14.5. The second-order valence-electron chi connectivity index (χ2n) is 6.76. The van der Waals surface area contributed by atoms with Gasteiger partial charge in [-0.05, 0) is 36.4 Å². The fraction of sp³-hybridized carbons (Fsp3) is 0.136. The zero-order valence-corrected chi connectivity index (χ0v) is 16.9. The topological polar surface area (TPSA) is 78.2 Å². The van der Waals surface area contributed by atoms with Crippen molar-refractivity contribution in [2.45, 2.75) is 12.6 Å². The molecule has 4 rings (SSSR count). The van der Waals surface area contributed by atoms with Gasteiger partial charge in [-0.15, -0.1) is 0 Å². The second kappa shape index (κ2) is 8.42. The van der Waals surface area contributed by atoms with E-state index < -0.39 is 12.2 Å². The Morgan fingerprint density at radius 1 is 1.13 bits per heavy atom. The molecule has 3 aromatic rings. The first-order valence-corrected chi connectivity index (χ1v) is 9.70. The molecule has 1 atom stereocenters. The van der Waals surface area contributed by atoms with Crippen LogP contribution in [0.5, 0.6) is 0 Å². The summed E-state index contributed by atoms with van der Waals surface area (Å²) in [5, 5.41) is 9.27. The summed E-state index contributed by atoms with van der Waals surface area (Å²) in [6, 6.07) is 19.3. The van der Waals surface area contributed by atoms with E-state index in [9.17, 15) is 9.59 Å². The zero-order valence-electron chi connectivity index (χ0n) is 16.2. The summed E-state index contributed by atoms with van der Waals surface area (Å²) in [5.41, 5.74) is 1.40. The Morgan fingerprint density at radius 2 is 1.93 bits per heavy atom. The summed E-state index contributed by atoms with van der Waals surface area (Å²) in [7, 11) is 1.69. The fourth-order valence-corrected chi connectivity index (χ4v) is 3.33. The summed E-state index contributed by atoms with van der Waals surface area (Å²) >= 11 is 6.02. The number of benzene rings is 2. The summed E-state index contributed by atoms with van der Waals surface area (Å²) in [4.78, 5) is 26.1. The minimum Gasteiger partial charge on any atom is -0.455 e. The molecule has 0 spiro atoms. The number of hydrogen-bond acceptors (Lipinski definition) is 5. The van der Waals surface area contributed by atoms with Crippen molar-refractivity contribution in [3.8, 4) is 11.3 Å². The van der Waals surface area contributed by atoms with Crippen molar-refractivity contribution in [3.05, 3.63) is 77.5 Å². The van der Waals surface area contributed by atoms with Crippen LogP contribution in [0.15, 0.2) is 76.2 Å². The van der Waals surface area contributed by atoms with Crippen molar-refractivity contribution in [1.82, 2.24) is 10.3 Å². The lowest BCUT2D eigenvalue weighted by Crippen LogP contribution is -2.58. The third kappa shape index (κ3) is 4.21. The van der Waals surface area contributed by atoms with E-state index in [-0.39, 0.29) is 12.3 Å². The van der Waals surface area contributed by atoms with E-state index in [1.54, 1.807) is 43.4 Å². The van der Waals surface area contributed by atoms with Crippen LogP contribution in [0.25, 0.3) is 11.3 Å². The molecule has 1 fully saturated rings. The lowest BCUT2D eigenvalue weighted by molar-refractivity contribution is -0.120. The Balaban J connectivity index is 1.42. The van der Waals surface area contributed by atoms with Gasteiger partial charge in [-0.1, -0.05) is 41.9 Å². The van der Waals surface area contributed by atoms with Crippen LogP contribution < -0.4 is 10.2 Å². The van der Waals surface area contributed by atoms with E-state index >= 15 is 0 Å². The minimum atomic E-state index is -0.552. The second-order valence-corrected chi connectivity index (χ2v) is 7.20. The summed E-state index contributed by atoms with van der Waals surface area (Å²) in [5.74, 6) is 0.913. The number of amides is 3. The van der Waals surface area contributed by atoms with E-state index in [0.29, 0.717) is 22.2 Å². The van der Waals surface area contributed by atoms with Crippen molar-refractivity contribution in [2.24, 2.45) is 5.10 Å². The average molecular weight is 423 g/mol. The molecule has 2 aromatic carbocycles. The zero-order chi connectivity index (χ0) is 21.1. The van der Waals surface area contributed by atoms with Gasteiger partial charge >= 0.3 is 6.03 Å². The molecular weight excluding hydrogens is 404 g/mol. The number of halogens is 1. The van der Waals surface area contributed by atoms with E-state index in [4.69, 9.17) is 16.0 Å². The molecule has 152 valence electrons. The largest absolute Gasteiger partial charge is 0.455 e. The van der Waals surface area contributed by atoms with Gasteiger partial charge in [0.2, 0.25) is 5.91 Å². The maximum Gasteiger partial charge on any atom is 0.330 e. The number of nitrogens with one attached hydrogen (secondary N) is 1. The first-order valence-electron chi connectivity index (χ1n) is 9.32. The highest BCUT2D eigenvalue weighted by Crippen LogP contribution is 2.24. The van der Waals surface area contributed by atoms with Gasteiger partial charge in [0.25, 0.3) is 0 Å². The van der Waals surface area contributed by atoms with Crippen LogP contribution in [0.3, 0.4) is 0 Å². The van der Waals surface area contributed by atoms with E-state index in [0.717, 1.165) is 10.5 Å². The number of hydrogen-bond donors (Lipinski definition) is 1. The van der Waals surface area contributed by atoms with Gasteiger partial charge < -0.3 is 9.73 Å². The number of hydrazone groups is 1. The fourth-order valence-electron chi connectivity index (χ4n) is 3.14. The molecule has 1 saturated heterocycles. The van der Waals surface area contributed by atoms with Crippen molar-refractivity contribution in [3.63, 3.8) is 0 Å². The number of furan rings is 1. The first kappa shape index (κ1) is 19.7. The van der Waals surface area contributed by atoms with Gasteiger partial charge in [-0.2, -0.15) is 5.10 Å². The minimum absolute atomic E-state index is 0.0976. The molecular formula is C22H19ClN4O3. The van der Waals surface area contributed by atoms with Gasteiger partial charge in [0, 0.05) is 17.6 Å². The Labute approximate surface area is 178 Å². The Kier molecular flexibility index (Phi) is 5.54. The average Bonchev–Trinajstić information content (AvgIpc) is 3.21. The molecule has 0 radical (unpaired) electrons. The standard InChI is InChI=1S/C22H19ClN4O3/c1-26(20-13-21(28)27(22(29)25-20)17-8-3-2-4-9-17)24-14-18-10-11-19(30-18)15-6-5-7-16(23)12-15/h2-12,14,20H,13H2,1H3,(H,25,29). The molecule has 1 unspecified atom stereocenters. The molecule has 1 aliphatic heterocycles. The van der Waals surface area contributed by atoms with Gasteiger partial charge in [-0.25, -0.2) is 9.69 Å². The Hall–Kier alpha value is -3.58. The van der Waals surface area contributed by atoms with Gasteiger partial charge in [0.1, 0.15) is 17.7 Å². The monoisotopic (exact) mass is 422 g/mol. The third-order valence-corrected chi connectivity index (χ3v) is 4.91. The number of nitrogens with zero attached hydrogens (tertiary/aromatic N) is 3. The highest BCUT2D eigenvalue weighted by molar-refractivity contribution is 6.30. The van der Waals surface area contributed by atoms with Crippen LogP contribution in [-0.4, -0.2) is 36.4 Å². The predicted molar refractivity (Wildman–Crippen MR) is 115 cm³/mol. The number of anilines is 1. The molecule has 30 heavy (non-hydrogen) atoms. The Morgan fingerprint density at radius 3 is 2.67 bits per heavy atom. The third-order valence-electron chi connectivity index (χ3n) is 4.68. The SMILES string of the molecule is CN(N=Cc1ccc(-c2cccc(Cl)c2)o1)C1CC(=O)N(c2ccccc2)C(=O)N1. The maximum atomic E-state index is 12.5. The normalized spacial score (nSPS) is 16.7. The van der Waals surface area contributed by atoms with Crippen molar-refractivity contribution >= 4 is 35.4 Å². The molecule has 0 aliphatic carbocycles. The summed E-state index contributed by atoms with van der Waals surface area (Å²) < 4.78 is 5.78. The lowest BCUT2D eigenvalue weighted by atomic mass is 10.2. The summed E-state index contributed by atoms with van der Waals surface area (Å²) in [6.45, 7) is 0. The molecule has 1 aromatic heterocycles. The maximum absolute atomic E-state index is 12.5. The lowest BCUT2D eigenvalue weighted by Gasteiger charge is -2.34. The molecule has 7 nitrogen and oxygen atoms in total. The van der Waals surface area contributed by atoms with Gasteiger partial charge in [0.05, 0.1) is 18.3 Å². The molecule has 1 aliphatic rings. The number of imide groups is 1. The van der Waals surface area contributed by atoms with Crippen LogP contribution in [0, 0.1) is 0 Å². The number of rotatable bonds is 5. The quantitative estimate of drug-likeness (QED) is 0.490. The molecule has 1 N–H and O–H groups in total. The summed E-state index contributed by atoms with van der Waals surface area (Å²) in [6.07, 6.45) is 1.08. The molecule has 3 amide bonds. The van der Waals surface area contributed by atoms with Gasteiger partial charge in [0.15, 0.2) is 0 Å². The Bertz CT molecular complexity index is 1080. The highest BCUT2D eigenvalue weighted by Gasteiger charge is 2.34. The number of urea groups is 1. The highest BCUT2D eigenvalue weighted by atomic mass is 35.5. The molecule has 8 heteroatoms. The van der Waals surface area contributed by atoms with Gasteiger partial charge in [-0.3, -0.25) is 9.80 Å².